The van der Waals surface area contributed by atoms with Crippen LogP contribution in [-0.4, -0.2) is 62.0 Å². The molecule has 9 heteroatoms. The lowest BCUT2D eigenvalue weighted by molar-refractivity contribution is 0.0621. The average Bonchev–Trinajstić information content (AvgIpc) is 3.34. The van der Waals surface area contributed by atoms with Gasteiger partial charge in [0.25, 0.3) is 11.5 Å². The number of fused-ring (bicyclic) bond motifs is 2. The minimum absolute atomic E-state index is 0.0364. The Morgan fingerprint density at radius 2 is 2.00 bits per heavy atom. The highest BCUT2D eigenvalue weighted by Crippen LogP contribution is 2.27. The summed E-state index contributed by atoms with van der Waals surface area (Å²) in [6, 6.07) is 1.58. The molecule has 30 heavy (non-hydrogen) atoms. The fourth-order valence-corrected chi connectivity index (χ4v) is 5.19. The third-order valence-corrected chi connectivity index (χ3v) is 6.81. The number of thiazole rings is 1. The van der Waals surface area contributed by atoms with Gasteiger partial charge in [-0.1, -0.05) is 0 Å². The summed E-state index contributed by atoms with van der Waals surface area (Å²) >= 11 is 1.45. The first-order chi connectivity index (χ1) is 14.5. The van der Waals surface area contributed by atoms with Gasteiger partial charge in [-0.3, -0.25) is 23.7 Å². The van der Waals surface area contributed by atoms with Crippen LogP contribution >= 0.6 is 11.3 Å². The van der Waals surface area contributed by atoms with Gasteiger partial charge >= 0.3 is 0 Å². The minimum Gasteiger partial charge on any atom is -0.354 e. The van der Waals surface area contributed by atoms with Crippen molar-refractivity contribution in [2.75, 3.05) is 26.2 Å². The molecular weight excluding hydrogens is 402 g/mol. The Morgan fingerprint density at radius 3 is 2.77 bits per heavy atom. The average molecular weight is 426 g/mol. The maximum atomic E-state index is 13.1. The van der Waals surface area contributed by atoms with Gasteiger partial charge in [0.05, 0.1) is 5.69 Å². The van der Waals surface area contributed by atoms with Crippen molar-refractivity contribution in [3.8, 4) is 0 Å². The number of hydrogen-bond donors (Lipinski definition) is 1. The van der Waals surface area contributed by atoms with Crippen molar-refractivity contribution in [2.24, 2.45) is 0 Å². The molecule has 0 radical (unpaired) electrons. The monoisotopic (exact) mass is 425 g/mol. The minimum atomic E-state index is -0.0641. The van der Waals surface area contributed by atoms with Crippen molar-refractivity contribution >= 4 is 28.0 Å². The van der Waals surface area contributed by atoms with Crippen LogP contribution in [0.4, 0.5) is 0 Å². The molecule has 0 aromatic carbocycles. The Hall–Kier alpha value is -2.78. The Labute approximate surface area is 177 Å². The molecule has 0 spiro atoms. The molecule has 1 fully saturated rings. The number of aromatic nitrogens is 3. The van der Waals surface area contributed by atoms with E-state index in [1.54, 1.807) is 16.7 Å². The van der Waals surface area contributed by atoms with Gasteiger partial charge in [-0.15, -0.1) is 11.3 Å². The predicted octanol–water partition coefficient (Wildman–Crippen LogP) is 1.87. The molecule has 0 bridgehead atoms. The number of aryl methyl sites for hydroxylation is 1. The number of H-pyrrole nitrogens is 1. The van der Waals surface area contributed by atoms with Crippen molar-refractivity contribution < 1.29 is 9.59 Å². The molecule has 3 aromatic heterocycles. The van der Waals surface area contributed by atoms with Crippen molar-refractivity contribution in [1.82, 2.24) is 24.2 Å². The second kappa shape index (κ2) is 7.48. The number of ketones is 1. The van der Waals surface area contributed by atoms with E-state index >= 15 is 0 Å². The maximum absolute atomic E-state index is 13.1. The zero-order valence-corrected chi connectivity index (χ0v) is 17.6. The zero-order chi connectivity index (χ0) is 20.8. The van der Waals surface area contributed by atoms with Gasteiger partial charge in [0.15, 0.2) is 10.7 Å². The van der Waals surface area contributed by atoms with Gasteiger partial charge in [-0.05, 0) is 25.3 Å². The normalized spacial score (nSPS) is 17.5. The van der Waals surface area contributed by atoms with E-state index in [9.17, 15) is 14.4 Å². The molecule has 1 N–H and O–H groups in total. The third-order valence-electron chi connectivity index (χ3n) is 6.05. The second-order valence-electron chi connectivity index (χ2n) is 7.96. The number of hydrogen-bond acceptors (Lipinski definition) is 6. The van der Waals surface area contributed by atoms with E-state index in [-0.39, 0.29) is 17.2 Å². The number of piperazine rings is 1. The lowest BCUT2D eigenvalue weighted by Crippen LogP contribution is -2.48. The van der Waals surface area contributed by atoms with Crippen LogP contribution in [0.5, 0.6) is 0 Å². The summed E-state index contributed by atoms with van der Waals surface area (Å²) in [6.07, 6.45) is 3.96. The zero-order valence-electron chi connectivity index (χ0n) is 16.8. The number of nitrogens with one attached hydrogen (secondary N) is 1. The van der Waals surface area contributed by atoms with E-state index in [0.717, 1.165) is 48.4 Å². The smallest absolute Gasteiger partial charge is 0.270 e. The standard InChI is InChI=1S/C21H23N5O3S/c1-13-18-15(3-2-4-16(18)27)23-19(13)20(29)25-7-5-24(6-8-25)12-14-11-17(28)26-9-10-30-21(26)22-14/h9-11,23H,2-8,12H2,1H3. The molecule has 1 aliphatic heterocycles. The van der Waals surface area contributed by atoms with Crippen LogP contribution in [0, 0.1) is 6.92 Å². The Morgan fingerprint density at radius 1 is 1.20 bits per heavy atom. The van der Waals surface area contributed by atoms with Gasteiger partial charge in [0.2, 0.25) is 0 Å². The largest absolute Gasteiger partial charge is 0.354 e. The molecule has 0 unspecified atom stereocenters. The molecule has 0 saturated carbocycles. The van der Waals surface area contributed by atoms with E-state index in [0.29, 0.717) is 36.7 Å². The molecule has 3 aromatic rings. The Bertz CT molecular complexity index is 1200. The lowest BCUT2D eigenvalue weighted by Gasteiger charge is -2.34. The first-order valence-corrected chi connectivity index (χ1v) is 11.1. The highest BCUT2D eigenvalue weighted by atomic mass is 32.1. The fourth-order valence-electron chi connectivity index (χ4n) is 4.45. The first kappa shape index (κ1) is 19.2. The highest BCUT2D eigenvalue weighted by molar-refractivity contribution is 7.15. The summed E-state index contributed by atoms with van der Waals surface area (Å²) in [6.45, 7) is 5.11. The number of carbonyl (C=O) groups excluding carboxylic acids is 2. The van der Waals surface area contributed by atoms with Crippen molar-refractivity contribution in [3.05, 3.63) is 56.2 Å². The van der Waals surface area contributed by atoms with Crippen LogP contribution in [0.25, 0.3) is 4.96 Å². The fraction of sp³-hybridized carbons (Fsp3) is 0.429. The number of aromatic amines is 1. The summed E-state index contributed by atoms with van der Waals surface area (Å²) in [4.78, 5) is 50.1. The molecule has 1 aliphatic carbocycles. The Kier molecular flexibility index (Phi) is 4.79. The van der Waals surface area contributed by atoms with Gasteiger partial charge < -0.3 is 9.88 Å². The summed E-state index contributed by atoms with van der Waals surface area (Å²) in [5, 5.41) is 1.85. The van der Waals surface area contributed by atoms with E-state index in [2.05, 4.69) is 14.9 Å². The van der Waals surface area contributed by atoms with Crippen LogP contribution in [0.15, 0.2) is 22.4 Å². The summed E-state index contributed by atoms with van der Waals surface area (Å²) < 4.78 is 1.55. The molecule has 0 atom stereocenters. The van der Waals surface area contributed by atoms with Crippen LogP contribution in [0.3, 0.4) is 0 Å². The number of nitrogens with zero attached hydrogens (tertiary/aromatic N) is 4. The molecule has 156 valence electrons. The van der Waals surface area contributed by atoms with Gasteiger partial charge in [0.1, 0.15) is 5.69 Å². The summed E-state index contributed by atoms with van der Waals surface area (Å²) in [5.41, 5.74) is 3.67. The molecule has 1 saturated heterocycles. The molecular formula is C21H23N5O3S. The van der Waals surface area contributed by atoms with Gasteiger partial charge in [0, 0.05) is 68.0 Å². The van der Waals surface area contributed by atoms with Crippen LogP contribution in [0.1, 0.15) is 50.6 Å². The third kappa shape index (κ3) is 3.27. The molecule has 8 nitrogen and oxygen atoms in total. The first-order valence-electron chi connectivity index (χ1n) is 10.2. The van der Waals surface area contributed by atoms with E-state index < -0.39 is 0 Å². The van der Waals surface area contributed by atoms with Crippen molar-refractivity contribution in [3.63, 3.8) is 0 Å². The van der Waals surface area contributed by atoms with Crippen molar-refractivity contribution in [2.45, 2.75) is 32.7 Å². The quantitative estimate of drug-likeness (QED) is 0.692. The summed E-state index contributed by atoms with van der Waals surface area (Å²) in [5.74, 6) is 0.103. The topological polar surface area (TPSA) is 90.8 Å². The van der Waals surface area contributed by atoms with Gasteiger partial charge in [-0.2, -0.15) is 0 Å². The molecule has 1 amide bonds. The SMILES string of the molecule is Cc1c(C(=O)N2CCN(Cc3cc(=O)n4ccsc4n3)CC2)[nH]c2c1C(=O)CCC2. The van der Waals surface area contributed by atoms with E-state index in [4.69, 9.17) is 0 Å². The number of carbonyl (C=O) groups is 2. The van der Waals surface area contributed by atoms with Crippen LogP contribution in [-0.2, 0) is 13.0 Å². The van der Waals surface area contributed by atoms with Crippen LogP contribution in [0.2, 0.25) is 0 Å². The number of Topliss-reactive ketones (excluding diaryl/α,β-unsaturated/α-hetero) is 1. The van der Waals surface area contributed by atoms with Crippen molar-refractivity contribution in [1.29, 1.82) is 0 Å². The molecule has 5 rings (SSSR count). The molecule has 2 aliphatic rings. The van der Waals surface area contributed by atoms with Crippen LogP contribution < -0.4 is 5.56 Å². The number of rotatable bonds is 3. The van der Waals surface area contributed by atoms with E-state index in [1.807, 2.05) is 17.2 Å². The maximum Gasteiger partial charge on any atom is 0.270 e. The van der Waals surface area contributed by atoms with E-state index in [1.165, 1.54) is 11.3 Å². The predicted molar refractivity (Wildman–Crippen MR) is 113 cm³/mol. The Balaban J connectivity index is 1.26. The second-order valence-corrected chi connectivity index (χ2v) is 8.84. The number of amides is 1. The summed E-state index contributed by atoms with van der Waals surface area (Å²) in [7, 11) is 0. The lowest BCUT2D eigenvalue weighted by atomic mass is 9.93. The van der Waals surface area contributed by atoms with Gasteiger partial charge in [-0.25, -0.2) is 4.98 Å². The molecule has 4 heterocycles. The highest BCUT2D eigenvalue weighted by Gasteiger charge is 2.30.